The van der Waals surface area contributed by atoms with E-state index in [2.05, 4.69) is 0 Å². The van der Waals surface area contributed by atoms with E-state index in [1.54, 1.807) is 78.9 Å². The molecule has 166 valence electrons. The Bertz CT molecular complexity index is 1250. The minimum Gasteiger partial charge on any atom is -0.507 e. The molecule has 33 heavy (non-hydrogen) atoms. The van der Waals surface area contributed by atoms with Crippen molar-refractivity contribution in [3.8, 4) is 11.5 Å². The van der Waals surface area contributed by atoms with Gasteiger partial charge in [-0.1, -0.05) is 48.5 Å². The molecule has 1 saturated heterocycles. The molecule has 1 atom stereocenters. The fourth-order valence-electron chi connectivity index (χ4n) is 3.81. The van der Waals surface area contributed by atoms with Gasteiger partial charge in [0.2, 0.25) is 0 Å². The van der Waals surface area contributed by atoms with E-state index in [-0.39, 0.29) is 11.3 Å². The molecule has 1 heterocycles. The molecule has 3 aromatic rings. The lowest BCUT2D eigenvalue weighted by Gasteiger charge is -2.26. The van der Waals surface area contributed by atoms with E-state index < -0.39 is 23.7 Å². The number of rotatable bonds is 5. The fourth-order valence-corrected chi connectivity index (χ4v) is 3.81. The maximum atomic E-state index is 13.2. The molecule has 0 radical (unpaired) electrons. The van der Waals surface area contributed by atoms with E-state index in [0.717, 1.165) is 0 Å². The van der Waals surface area contributed by atoms with Crippen LogP contribution in [0.1, 0.15) is 24.1 Å². The molecule has 7 heteroatoms. The highest BCUT2D eigenvalue weighted by Gasteiger charge is 2.47. The first-order valence-electron chi connectivity index (χ1n) is 10.2. The molecule has 0 bridgehead atoms. The lowest BCUT2D eigenvalue weighted by atomic mass is 9.95. The molecule has 3 aromatic carbocycles. The number of Topliss-reactive ketones (excluding diaryl/α,β-unsaturated/α-hetero) is 1. The first kappa shape index (κ1) is 21.8. The first-order valence-corrected chi connectivity index (χ1v) is 10.2. The predicted molar refractivity (Wildman–Crippen MR) is 122 cm³/mol. The van der Waals surface area contributed by atoms with E-state index in [1.165, 1.54) is 18.9 Å². The van der Waals surface area contributed by atoms with Crippen LogP contribution in [0, 0.1) is 0 Å². The van der Waals surface area contributed by atoms with Crippen LogP contribution in [0.5, 0.6) is 11.5 Å². The minimum atomic E-state index is -0.899. The lowest BCUT2D eigenvalue weighted by molar-refractivity contribution is -0.132. The second-order valence-corrected chi connectivity index (χ2v) is 7.40. The maximum Gasteiger partial charge on any atom is 0.308 e. The number of methoxy groups -OCH3 is 1. The van der Waals surface area contributed by atoms with Crippen LogP contribution in [0.4, 0.5) is 5.69 Å². The third-order valence-corrected chi connectivity index (χ3v) is 5.28. The van der Waals surface area contributed by atoms with Gasteiger partial charge < -0.3 is 14.6 Å². The van der Waals surface area contributed by atoms with Gasteiger partial charge in [0.15, 0.2) is 0 Å². The quantitative estimate of drug-likeness (QED) is 0.208. The molecule has 0 saturated carbocycles. The highest BCUT2D eigenvalue weighted by atomic mass is 16.5. The molecule has 0 aliphatic carbocycles. The monoisotopic (exact) mass is 443 g/mol. The molecule has 1 aliphatic rings. The molecule has 1 aliphatic heterocycles. The third kappa shape index (κ3) is 4.21. The molecule has 4 rings (SSSR count). The Kier molecular flexibility index (Phi) is 5.95. The van der Waals surface area contributed by atoms with Gasteiger partial charge in [-0.25, -0.2) is 0 Å². The standard InChI is InChI=1S/C26H21NO6/c1-16(28)33-20-13-11-17(12-14-20)23-22(24(29)18-7-4-3-5-8-18)25(30)26(31)27(23)19-9-6-10-21(15-19)32-2/h3-15,23,29H,1-2H3/b24-22+. The zero-order valence-electron chi connectivity index (χ0n) is 18.0. The summed E-state index contributed by atoms with van der Waals surface area (Å²) in [4.78, 5) is 38.9. The zero-order valence-corrected chi connectivity index (χ0v) is 18.0. The van der Waals surface area contributed by atoms with Crippen LogP contribution in [0.15, 0.2) is 84.4 Å². The summed E-state index contributed by atoms with van der Waals surface area (Å²) in [6.07, 6.45) is 0. The summed E-state index contributed by atoms with van der Waals surface area (Å²) in [6, 6.07) is 20.9. The Labute approximate surface area is 190 Å². The van der Waals surface area contributed by atoms with Crippen LogP contribution in [0.25, 0.3) is 5.76 Å². The first-order chi connectivity index (χ1) is 15.9. The van der Waals surface area contributed by atoms with Gasteiger partial charge in [0.05, 0.1) is 18.7 Å². The molecule has 0 spiro atoms. The van der Waals surface area contributed by atoms with Crippen LogP contribution in [0.3, 0.4) is 0 Å². The van der Waals surface area contributed by atoms with Crippen molar-refractivity contribution in [3.05, 3.63) is 95.6 Å². The number of aliphatic hydroxyl groups excluding tert-OH is 1. The van der Waals surface area contributed by atoms with E-state index in [4.69, 9.17) is 9.47 Å². The number of benzene rings is 3. The SMILES string of the molecule is COc1cccc(N2C(=O)C(=O)/C(=C(/O)c3ccccc3)C2c2ccc(OC(C)=O)cc2)c1. The van der Waals surface area contributed by atoms with Gasteiger partial charge in [0, 0.05) is 24.2 Å². The summed E-state index contributed by atoms with van der Waals surface area (Å²) in [5.41, 5.74) is 1.39. The van der Waals surface area contributed by atoms with Gasteiger partial charge in [-0.15, -0.1) is 0 Å². The molecular formula is C26H21NO6. The molecule has 1 N–H and O–H groups in total. The van der Waals surface area contributed by atoms with E-state index in [0.29, 0.717) is 28.3 Å². The number of anilines is 1. The van der Waals surface area contributed by atoms with Crippen molar-refractivity contribution in [2.45, 2.75) is 13.0 Å². The molecule has 1 amide bonds. The number of carbonyl (C=O) groups is 3. The predicted octanol–water partition coefficient (Wildman–Crippen LogP) is 4.25. The average molecular weight is 443 g/mol. The summed E-state index contributed by atoms with van der Waals surface area (Å²) >= 11 is 0. The normalized spacial score (nSPS) is 17.2. The van der Waals surface area contributed by atoms with Gasteiger partial charge in [-0.05, 0) is 29.8 Å². The number of ether oxygens (including phenoxy) is 2. The number of aliphatic hydroxyl groups is 1. The third-order valence-electron chi connectivity index (χ3n) is 5.28. The van der Waals surface area contributed by atoms with Crippen molar-refractivity contribution in [2.24, 2.45) is 0 Å². The van der Waals surface area contributed by atoms with Crippen molar-refractivity contribution >= 4 is 29.1 Å². The minimum absolute atomic E-state index is 0.0331. The number of hydrogen-bond donors (Lipinski definition) is 1. The van der Waals surface area contributed by atoms with Crippen molar-refractivity contribution < 1.29 is 29.0 Å². The Hall–Kier alpha value is -4.39. The maximum absolute atomic E-state index is 13.2. The Morgan fingerprint density at radius 2 is 1.61 bits per heavy atom. The molecular weight excluding hydrogens is 422 g/mol. The zero-order chi connectivity index (χ0) is 23.5. The number of ketones is 1. The fraction of sp³-hybridized carbons (Fsp3) is 0.115. The summed E-state index contributed by atoms with van der Waals surface area (Å²) in [5.74, 6) is -1.46. The van der Waals surface area contributed by atoms with E-state index >= 15 is 0 Å². The summed E-state index contributed by atoms with van der Waals surface area (Å²) in [5, 5.41) is 11.1. The van der Waals surface area contributed by atoms with Crippen molar-refractivity contribution in [3.63, 3.8) is 0 Å². The lowest BCUT2D eigenvalue weighted by Crippen LogP contribution is -2.29. The largest absolute Gasteiger partial charge is 0.507 e. The summed E-state index contributed by atoms with van der Waals surface area (Å²) in [7, 11) is 1.51. The van der Waals surface area contributed by atoms with Gasteiger partial charge in [0.1, 0.15) is 17.3 Å². The number of nitrogens with zero attached hydrogens (tertiary/aromatic N) is 1. The van der Waals surface area contributed by atoms with Gasteiger partial charge in [0.25, 0.3) is 11.7 Å². The van der Waals surface area contributed by atoms with Gasteiger partial charge >= 0.3 is 5.97 Å². The average Bonchev–Trinajstić information content (AvgIpc) is 3.09. The van der Waals surface area contributed by atoms with Crippen molar-refractivity contribution in [2.75, 3.05) is 12.0 Å². The number of carbonyl (C=O) groups excluding carboxylic acids is 3. The highest BCUT2D eigenvalue weighted by molar-refractivity contribution is 6.51. The van der Waals surface area contributed by atoms with Gasteiger partial charge in [-0.2, -0.15) is 0 Å². The number of amides is 1. The Balaban J connectivity index is 1.90. The number of esters is 1. The second kappa shape index (κ2) is 9.00. The molecule has 1 unspecified atom stereocenters. The van der Waals surface area contributed by atoms with Crippen molar-refractivity contribution in [1.29, 1.82) is 0 Å². The van der Waals surface area contributed by atoms with Gasteiger partial charge in [-0.3, -0.25) is 19.3 Å². The topological polar surface area (TPSA) is 93.1 Å². The van der Waals surface area contributed by atoms with Crippen molar-refractivity contribution in [1.82, 2.24) is 0 Å². The van der Waals surface area contributed by atoms with E-state index in [1.807, 2.05) is 0 Å². The van der Waals surface area contributed by atoms with Crippen LogP contribution in [-0.4, -0.2) is 29.9 Å². The summed E-state index contributed by atoms with van der Waals surface area (Å²) in [6.45, 7) is 1.30. The van der Waals surface area contributed by atoms with Crippen LogP contribution in [0.2, 0.25) is 0 Å². The van der Waals surface area contributed by atoms with Crippen LogP contribution < -0.4 is 14.4 Å². The Morgan fingerprint density at radius 1 is 0.909 bits per heavy atom. The second-order valence-electron chi connectivity index (χ2n) is 7.40. The molecule has 0 aromatic heterocycles. The smallest absolute Gasteiger partial charge is 0.308 e. The highest BCUT2D eigenvalue weighted by Crippen LogP contribution is 2.43. The Morgan fingerprint density at radius 3 is 2.24 bits per heavy atom. The van der Waals surface area contributed by atoms with E-state index in [9.17, 15) is 19.5 Å². The summed E-state index contributed by atoms with van der Waals surface area (Å²) < 4.78 is 10.4. The molecule has 1 fully saturated rings. The van der Waals surface area contributed by atoms with Crippen LogP contribution in [-0.2, 0) is 14.4 Å². The number of hydrogen-bond acceptors (Lipinski definition) is 6. The molecule has 7 nitrogen and oxygen atoms in total. The van der Waals surface area contributed by atoms with Crippen LogP contribution >= 0.6 is 0 Å².